The van der Waals surface area contributed by atoms with Gasteiger partial charge in [0.05, 0.1) is 5.52 Å². The van der Waals surface area contributed by atoms with Gasteiger partial charge in [-0.1, -0.05) is 103 Å². The fourth-order valence-electron chi connectivity index (χ4n) is 6.15. The van der Waals surface area contributed by atoms with Gasteiger partial charge in [-0.25, -0.2) is 0 Å². The van der Waals surface area contributed by atoms with Crippen molar-refractivity contribution >= 4 is 38.7 Å². The number of benzene rings is 7. The zero-order chi connectivity index (χ0) is 29.3. The molecule has 0 saturated heterocycles. The zero-order valence-corrected chi connectivity index (χ0v) is 24.2. The van der Waals surface area contributed by atoms with Crippen LogP contribution >= 0.6 is 0 Å². The van der Waals surface area contributed by atoms with E-state index in [0.29, 0.717) is 0 Å². The molecule has 0 saturated carbocycles. The molecule has 0 unspecified atom stereocenters. The summed E-state index contributed by atoms with van der Waals surface area (Å²) in [5, 5.41) is 3.68. The Balaban J connectivity index is 1.14. The third-order valence-electron chi connectivity index (χ3n) is 8.39. The van der Waals surface area contributed by atoms with Crippen LogP contribution < -0.4 is 4.90 Å². The van der Waals surface area contributed by atoms with Gasteiger partial charge in [-0.15, -0.1) is 0 Å². The van der Waals surface area contributed by atoms with E-state index in [0.717, 1.165) is 17.1 Å². The standard InChI is InChI=1S/C42H30N2/c1-4-10-31(11-5-1)33-16-17-36-30-41(24-20-35(36)28-33)44(39-14-8-3-9-15-39)40-22-18-32(19-23-40)34-21-25-42-37(29-34)26-27-43(42)38-12-6-2-7-13-38/h1-30H. The second-order valence-corrected chi connectivity index (χ2v) is 11.1. The van der Waals surface area contributed by atoms with Gasteiger partial charge in [0, 0.05) is 34.3 Å². The van der Waals surface area contributed by atoms with Crippen LogP contribution in [0.15, 0.2) is 182 Å². The van der Waals surface area contributed by atoms with Gasteiger partial charge < -0.3 is 9.47 Å². The number of nitrogens with zero attached hydrogens (tertiary/aromatic N) is 2. The molecule has 0 atom stereocenters. The van der Waals surface area contributed by atoms with E-state index in [-0.39, 0.29) is 0 Å². The molecule has 8 aromatic rings. The quantitative estimate of drug-likeness (QED) is 0.196. The van der Waals surface area contributed by atoms with Crippen LogP contribution in [-0.4, -0.2) is 4.57 Å². The van der Waals surface area contributed by atoms with Crippen LogP contribution in [-0.2, 0) is 0 Å². The van der Waals surface area contributed by atoms with Crippen LogP contribution in [0.1, 0.15) is 0 Å². The van der Waals surface area contributed by atoms with Gasteiger partial charge >= 0.3 is 0 Å². The van der Waals surface area contributed by atoms with Crippen LogP contribution in [0.5, 0.6) is 0 Å². The summed E-state index contributed by atoms with van der Waals surface area (Å²) < 4.78 is 2.24. The molecule has 7 aromatic carbocycles. The van der Waals surface area contributed by atoms with Gasteiger partial charge in [0.2, 0.25) is 0 Å². The molecule has 208 valence electrons. The number of hydrogen-bond donors (Lipinski definition) is 0. The van der Waals surface area contributed by atoms with E-state index in [1.165, 1.54) is 49.6 Å². The van der Waals surface area contributed by atoms with Crippen molar-refractivity contribution in [2.24, 2.45) is 0 Å². The van der Waals surface area contributed by atoms with E-state index in [1.807, 2.05) is 0 Å². The fraction of sp³-hybridized carbons (Fsp3) is 0. The van der Waals surface area contributed by atoms with Crippen molar-refractivity contribution in [1.29, 1.82) is 0 Å². The number of rotatable bonds is 6. The van der Waals surface area contributed by atoms with Crippen LogP contribution in [0.4, 0.5) is 17.1 Å². The van der Waals surface area contributed by atoms with E-state index in [2.05, 4.69) is 192 Å². The average Bonchev–Trinajstić information content (AvgIpc) is 3.53. The molecule has 2 nitrogen and oxygen atoms in total. The van der Waals surface area contributed by atoms with E-state index in [1.54, 1.807) is 0 Å². The first-order valence-corrected chi connectivity index (χ1v) is 15.0. The number of aromatic nitrogens is 1. The monoisotopic (exact) mass is 562 g/mol. The summed E-state index contributed by atoms with van der Waals surface area (Å²) in [5.74, 6) is 0. The van der Waals surface area contributed by atoms with E-state index in [9.17, 15) is 0 Å². The molecule has 0 radical (unpaired) electrons. The number of fused-ring (bicyclic) bond motifs is 2. The summed E-state index contributed by atoms with van der Waals surface area (Å²) in [7, 11) is 0. The van der Waals surface area contributed by atoms with Gasteiger partial charge in [-0.3, -0.25) is 0 Å². The lowest BCUT2D eigenvalue weighted by Gasteiger charge is -2.26. The molecule has 0 amide bonds. The van der Waals surface area contributed by atoms with E-state index >= 15 is 0 Å². The minimum Gasteiger partial charge on any atom is -0.317 e. The van der Waals surface area contributed by atoms with Crippen molar-refractivity contribution in [2.75, 3.05) is 4.90 Å². The Morgan fingerprint density at radius 3 is 1.61 bits per heavy atom. The van der Waals surface area contributed by atoms with Crippen LogP contribution in [0.2, 0.25) is 0 Å². The van der Waals surface area contributed by atoms with Gasteiger partial charge in [-0.2, -0.15) is 0 Å². The van der Waals surface area contributed by atoms with Gasteiger partial charge in [0.15, 0.2) is 0 Å². The first kappa shape index (κ1) is 25.8. The summed E-state index contributed by atoms with van der Waals surface area (Å²) in [4.78, 5) is 2.33. The Morgan fingerprint density at radius 1 is 0.341 bits per heavy atom. The first-order chi connectivity index (χ1) is 21.8. The number of anilines is 3. The maximum atomic E-state index is 2.33. The third kappa shape index (κ3) is 4.83. The molecule has 8 rings (SSSR count). The summed E-state index contributed by atoms with van der Waals surface area (Å²) in [6, 6.07) is 63.0. The molecule has 0 aliphatic carbocycles. The van der Waals surface area contributed by atoms with Crippen molar-refractivity contribution in [3.8, 4) is 27.9 Å². The van der Waals surface area contributed by atoms with Crippen molar-refractivity contribution in [1.82, 2.24) is 4.57 Å². The Kier molecular flexibility index (Phi) is 6.51. The van der Waals surface area contributed by atoms with Crippen LogP contribution in [0.3, 0.4) is 0 Å². The van der Waals surface area contributed by atoms with Crippen LogP contribution in [0, 0.1) is 0 Å². The van der Waals surface area contributed by atoms with Crippen LogP contribution in [0.25, 0.3) is 49.6 Å². The molecule has 0 fully saturated rings. The highest BCUT2D eigenvalue weighted by Gasteiger charge is 2.14. The third-order valence-corrected chi connectivity index (χ3v) is 8.39. The van der Waals surface area contributed by atoms with E-state index < -0.39 is 0 Å². The first-order valence-electron chi connectivity index (χ1n) is 15.0. The highest BCUT2D eigenvalue weighted by Crippen LogP contribution is 2.38. The Labute approximate surface area is 257 Å². The number of para-hydroxylation sites is 2. The fourth-order valence-corrected chi connectivity index (χ4v) is 6.15. The summed E-state index contributed by atoms with van der Waals surface area (Å²) in [6.07, 6.45) is 2.15. The molecule has 44 heavy (non-hydrogen) atoms. The van der Waals surface area contributed by atoms with Crippen molar-refractivity contribution < 1.29 is 0 Å². The molecule has 1 heterocycles. The second kappa shape index (κ2) is 11.1. The normalized spacial score (nSPS) is 11.2. The molecular formula is C42H30N2. The van der Waals surface area contributed by atoms with Gasteiger partial charge in [0.25, 0.3) is 0 Å². The topological polar surface area (TPSA) is 8.17 Å². The highest BCUT2D eigenvalue weighted by molar-refractivity contribution is 5.92. The van der Waals surface area contributed by atoms with E-state index in [4.69, 9.17) is 0 Å². The molecule has 0 N–H and O–H groups in total. The Morgan fingerprint density at radius 2 is 0.864 bits per heavy atom. The largest absolute Gasteiger partial charge is 0.317 e. The van der Waals surface area contributed by atoms with Gasteiger partial charge in [0.1, 0.15) is 0 Å². The molecule has 1 aromatic heterocycles. The predicted molar refractivity (Wildman–Crippen MR) is 186 cm³/mol. The molecule has 0 aliphatic rings. The van der Waals surface area contributed by atoms with Crippen molar-refractivity contribution in [3.05, 3.63) is 182 Å². The van der Waals surface area contributed by atoms with Gasteiger partial charge in [-0.05, 0) is 106 Å². The molecule has 0 bridgehead atoms. The lowest BCUT2D eigenvalue weighted by molar-refractivity contribution is 1.13. The molecule has 0 spiro atoms. The smallest absolute Gasteiger partial charge is 0.0528 e. The lowest BCUT2D eigenvalue weighted by Crippen LogP contribution is -2.09. The average molecular weight is 563 g/mol. The number of hydrogen-bond acceptors (Lipinski definition) is 1. The van der Waals surface area contributed by atoms with Crippen molar-refractivity contribution in [2.45, 2.75) is 0 Å². The summed E-state index contributed by atoms with van der Waals surface area (Å²) >= 11 is 0. The maximum absolute atomic E-state index is 2.33. The molecule has 2 heteroatoms. The minimum absolute atomic E-state index is 1.12. The molecule has 0 aliphatic heterocycles. The van der Waals surface area contributed by atoms with Crippen molar-refractivity contribution in [3.63, 3.8) is 0 Å². The summed E-state index contributed by atoms with van der Waals surface area (Å²) in [6.45, 7) is 0. The minimum atomic E-state index is 1.12. The predicted octanol–water partition coefficient (Wildman–Crippen LogP) is 11.6. The summed E-state index contributed by atoms with van der Waals surface area (Å²) in [5.41, 5.74) is 10.6. The maximum Gasteiger partial charge on any atom is 0.0528 e. The molecular weight excluding hydrogens is 532 g/mol. The SMILES string of the molecule is c1ccc(-c2ccc3cc(N(c4ccccc4)c4ccc(-c5ccc6c(ccn6-c6ccccc6)c5)cc4)ccc3c2)cc1. The highest BCUT2D eigenvalue weighted by atomic mass is 15.1. The zero-order valence-electron chi connectivity index (χ0n) is 24.2. The Hall–Kier alpha value is -5.86. The lowest BCUT2D eigenvalue weighted by atomic mass is 10.0. The Bertz CT molecular complexity index is 2200. The second-order valence-electron chi connectivity index (χ2n) is 11.1.